The Bertz CT molecular complexity index is 593. The van der Waals surface area contributed by atoms with E-state index >= 15 is 0 Å². The van der Waals surface area contributed by atoms with Gasteiger partial charge in [-0.3, -0.25) is 0 Å². The molecule has 1 N–H and O–H groups in total. The van der Waals surface area contributed by atoms with E-state index in [1.54, 1.807) is 18.2 Å². The van der Waals surface area contributed by atoms with Gasteiger partial charge in [-0.2, -0.15) is 0 Å². The van der Waals surface area contributed by atoms with Crippen LogP contribution >= 0.6 is 23.1 Å². The number of carboxylic acids is 1. The number of halogens is 1. The zero-order chi connectivity index (χ0) is 14.5. The third kappa shape index (κ3) is 3.98. The van der Waals surface area contributed by atoms with Gasteiger partial charge < -0.3 is 9.84 Å². The second-order valence-corrected chi connectivity index (χ2v) is 6.43. The first-order valence-corrected chi connectivity index (χ1v) is 7.71. The standard InChI is InChI=1S/C14H13FO3S2/c1-9-8-12(13(20-9)14(16)17)18-6-7-19-11-4-2-10(15)3-5-11/h2-5,8H,6-7H2,1H3,(H,16,17). The maximum Gasteiger partial charge on any atom is 0.349 e. The molecule has 1 aromatic heterocycles. The molecule has 0 saturated carbocycles. The summed E-state index contributed by atoms with van der Waals surface area (Å²) in [5.41, 5.74) is 0. The number of aryl methyl sites for hydroxylation is 1. The quantitative estimate of drug-likeness (QED) is 0.645. The van der Waals surface area contributed by atoms with Crippen LogP contribution < -0.4 is 4.74 Å². The van der Waals surface area contributed by atoms with Gasteiger partial charge in [-0.1, -0.05) is 0 Å². The monoisotopic (exact) mass is 312 g/mol. The minimum atomic E-state index is -0.968. The lowest BCUT2D eigenvalue weighted by Gasteiger charge is -2.05. The molecule has 6 heteroatoms. The van der Waals surface area contributed by atoms with Gasteiger partial charge in [-0.05, 0) is 37.3 Å². The Kier molecular flexibility index (Phi) is 5.03. The number of carbonyl (C=O) groups is 1. The first kappa shape index (κ1) is 14.9. The molecule has 0 aliphatic carbocycles. The Labute approximate surface area is 124 Å². The van der Waals surface area contributed by atoms with Gasteiger partial charge in [0.25, 0.3) is 0 Å². The number of ether oxygens (including phenoxy) is 1. The molecule has 0 radical (unpaired) electrons. The van der Waals surface area contributed by atoms with Crippen molar-refractivity contribution < 1.29 is 19.0 Å². The maximum absolute atomic E-state index is 12.7. The minimum Gasteiger partial charge on any atom is -0.491 e. The fourth-order valence-corrected chi connectivity index (χ4v) is 3.11. The van der Waals surface area contributed by atoms with Crippen molar-refractivity contribution in [3.05, 3.63) is 45.9 Å². The Morgan fingerprint density at radius 3 is 2.75 bits per heavy atom. The number of rotatable bonds is 6. The first-order chi connectivity index (χ1) is 9.56. The van der Waals surface area contributed by atoms with E-state index in [2.05, 4.69) is 0 Å². The Morgan fingerprint density at radius 1 is 1.40 bits per heavy atom. The molecule has 106 valence electrons. The van der Waals surface area contributed by atoms with Crippen molar-refractivity contribution >= 4 is 29.1 Å². The number of thioether (sulfide) groups is 1. The zero-order valence-electron chi connectivity index (χ0n) is 10.8. The predicted octanol–water partition coefficient (Wildman–Crippen LogP) is 4.06. The van der Waals surface area contributed by atoms with Crippen LogP contribution in [0.4, 0.5) is 4.39 Å². The molecule has 0 aliphatic heterocycles. The second kappa shape index (κ2) is 6.76. The second-order valence-electron chi connectivity index (χ2n) is 4.01. The van der Waals surface area contributed by atoms with Crippen molar-refractivity contribution in [2.24, 2.45) is 0 Å². The molecule has 0 bridgehead atoms. The number of hydrogen-bond donors (Lipinski definition) is 1. The summed E-state index contributed by atoms with van der Waals surface area (Å²) in [6, 6.07) is 7.97. The highest BCUT2D eigenvalue weighted by Crippen LogP contribution is 2.29. The lowest BCUT2D eigenvalue weighted by Crippen LogP contribution is -2.03. The van der Waals surface area contributed by atoms with Crippen molar-refractivity contribution in [2.45, 2.75) is 11.8 Å². The average Bonchev–Trinajstić information content (AvgIpc) is 2.78. The Hall–Kier alpha value is -1.53. The van der Waals surface area contributed by atoms with Crippen LogP contribution in [0.1, 0.15) is 14.5 Å². The molecule has 20 heavy (non-hydrogen) atoms. The van der Waals surface area contributed by atoms with E-state index in [0.717, 1.165) is 9.77 Å². The minimum absolute atomic E-state index is 0.231. The highest BCUT2D eigenvalue weighted by molar-refractivity contribution is 7.99. The van der Waals surface area contributed by atoms with Crippen LogP contribution in [0.25, 0.3) is 0 Å². The SMILES string of the molecule is Cc1cc(OCCSc2ccc(F)cc2)c(C(=O)O)s1. The van der Waals surface area contributed by atoms with Gasteiger partial charge in [-0.25, -0.2) is 9.18 Å². The molecule has 2 aromatic rings. The molecule has 0 atom stereocenters. The molecule has 2 rings (SSSR count). The Balaban J connectivity index is 1.84. The predicted molar refractivity (Wildman–Crippen MR) is 78.6 cm³/mol. The van der Waals surface area contributed by atoms with Gasteiger partial charge in [0.1, 0.15) is 11.6 Å². The van der Waals surface area contributed by atoms with Crippen LogP contribution in [0.3, 0.4) is 0 Å². The molecule has 0 aliphatic rings. The molecule has 0 spiro atoms. The topological polar surface area (TPSA) is 46.5 Å². The largest absolute Gasteiger partial charge is 0.491 e. The number of aromatic carboxylic acids is 1. The molecular weight excluding hydrogens is 299 g/mol. The summed E-state index contributed by atoms with van der Waals surface area (Å²) in [5.74, 6) is -0.144. The van der Waals surface area contributed by atoms with Crippen molar-refractivity contribution in [2.75, 3.05) is 12.4 Å². The maximum atomic E-state index is 12.7. The highest BCUT2D eigenvalue weighted by atomic mass is 32.2. The van der Waals surface area contributed by atoms with Crippen LogP contribution in [-0.2, 0) is 0 Å². The van der Waals surface area contributed by atoms with Gasteiger partial charge in [0.05, 0.1) is 6.61 Å². The van der Waals surface area contributed by atoms with Crippen molar-refractivity contribution in [3.63, 3.8) is 0 Å². The third-order valence-electron chi connectivity index (χ3n) is 2.44. The summed E-state index contributed by atoms with van der Waals surface area (Å²) < 4.78 is 18.2. The molecule has 0 unspecified atom stereocenters. The number of thiophene rings is 1. The molecule has 0 amide bonds. The summed E-state index contributed by atoms with van der Waals surface area (Å²) >= 11 is 2.74. The van der Waals surface area contributed by atoms with Crippen molar-refractivity contribution in [3.8, 4) is 5.75 Å². The van der Waals surface area contributed by atoms with E-state index in [0.29, 0.717) is 18.1 Å². The lowest BCUT2D eigenvalue weighted by molar-refractivity contribution is 0.0698. The fourth-order valence-electron chi connectivity index (χ4n) is 1.59. The summed E-state index contributed by atoms with van der Waals surface area (Å²) in [6.07, 6.45) is 0. The molecule has 0 saturated heterocycles. The molecular formula is C14H13FO3S2. The number of benzene rings is 1. The third-order valence-corrected chi connectivity index (χ3v) is 4.43. The van der Waals surface area contributed by atoms with E-state index in [1.165, 1.54) is 35.2 Å². The fraction of sp³-hybridized carbons (Fsp3) is 0.214. The van der Waals surface area contributed by atoms with E-state index in [-0.39, 0.29) is 10.7 Å². The molecule has 1 heterocycles. The molecule has 3 nitrogen and oxygen atoms in total. The number of hydrogen-bond acceptors (Lipinski definition) is 4. The van der Waals surface area contributed by atoms with Crippen LogP contribution in [-0.4, -0.2) is 23.4 Å². The summed E-state index contributed by atoms with van der Waals surface area (Å²) in [4.78, 5) is 13.1. The van der Waals surface area contributed by atoms with Gasteiger partial charge >= 0.3 is 5.97 Å². The van der Waals surface area contributed by atoms with Gasteiger partial charge in [0.15, 0.2) is 4.88 Å². The summed E-state index contributed by atoms with van der Waals surface area (Å²) in [6.45, 7) is 2.25. The molecule has 0 fully saturated rings. The van der Waals surface area contributed by atoms with E-state index in [9.17, 15) is 9.18 Å². The first-order valence-electron chi connectivity index (χ1n) is 5.91. The lowest BCUT2D eigenvalue weighted by atomic mass is 10.4. The van der Waals surface area contributed by atoms with Crippen molar-refractivity contribution in [1.29, 1.82) is 0 Å². The number of carboxylic acid groups (broad SMARTS) is 1. The summed E-state index contributed by atoms with van der Waals surface area (Å²) in [5, 5.41) is 9.03. The van der Waals surface area contributed by atoms with Gasteiger partial charge in [0, 0.05) is 15.5 Å². The zero-order valence-corrected chi connectivity index (χ0v) is 12.4. The van der Waals surface area contributed by atoms with Gasteiger partial charge in [-0.15, -0.1) is 23.1 Å². The van der Waals surface area contributed by atoms with Crippen LogP contribution in [0.15, 0.2) is 35.2 Å². The van der Waals surface area contributed by atoms with Crippen LogP contribution in [0.5, 0.6) is 5.75 Å². The van der Waals surface area contributed by atoms with E-state index < -0.39 is 5.97 Å². The normalized spacial score (nSPS) is 10.5. The van der Waals surface area contributed by atoms with E-state index in [4.69, 9.17) is 9.84 Å². The van der Waals surface area contributed by atoms with Crippen LogP contribution in [0.2, 0.25) is 0 Å². The summed E-state index contributed by atoms with van der Waals surface area (Å²) in [7, 11) is 0. The van der Waals surface area contributed by atoms with Gasteiger partial charge in [0.2, 0.25) is 0 Å². The smallest absolute Gasteiger partial charge is 0.349 e. The van der Waals surface area contributed by atoms with E-state index in [1.807, 2.05) is 6.92 Å². The average molecular weight is 312 g/mol. The van der Waals surface area contributed by atoms with Crippen LogP contribution in [0, 0.1) is 12.7 Å². The van der Waals surface area contributed by atoms with Crippen molar-refractivity contribution in [1.82, 2.24) is 0 Å². The molecule has 1 aromatic carbocycles. The highest BCUT2D eigenvalue weighted by Gasteiger charge is 2.14. The Morgan fingerprint density at radius 2 is 2.10 bits per heavy atom.